The van der Waals surface area contributed by atoms with Crippen LogP contribution in [0.3, 0.4) is 0 Å². The van der Waals surface area contributed by atoms with Crippen LogP contribution >= 0.6 is 0 Å². The second-order valence-electron chi connectivity index (χ2n) is 6.11. The van der Waals surface area contributed by atoms with E-state index in [-0.39, 0.29) is 23.8 Å². The van der Waals surface area contributed by atoms with Crippen LogP contribution in [0.15, 0.2) is 22.8 Å². The molecule has 0 spiro atoms. The molecule has 1 aliphatic heterocycles. The molecule has 5 heteroatoms. The highest BCUT2D eigenvalue weighted by Crippen LogP contribution is 2.29. The lowest BCUT2D eigenvalue weighted by Crippen LogP contribution is -2.64. The number of rotatable bonds is 3. The summed E-state index contributed by atoms with van der Waals surface area (Å²) in [5.74, 6) is 0.969. The second kappa shape index (κ2) is 5.92. The Kier molecular flexibility index (Phi) is 3.99. The van der Waals surface area contributed by atoms with Crippen LogP contribution in [0.4, 0.5) is 0 Å². The van der Waals surface area contributed by atoms with Crippen LogP contribution < -0.4 is 5.32 Å². The van der Waals surface area contributed by atoms with Gasteiger partial charge in [-0.1, -0.05) is 19.3 Å². The van der Waals surface area contributed by atoms with Crippen molar-refractivity contribution in [1.29, 1.82) is 0 Å². The molecule has 5 nitrogen and oxygen atoms in total. The van der Waals surface area contributed by atoms with E-state index in [2.05, 4.69) is 5.32 Å². The molecule has 1 saturated carbocycles. The summed E-state index contributed by atoms with van der Waals surface area (Å²) >= 11 is 0. The minimum atomic E-state index is -0.442. The molecule has 1 N–H and O–H groups in total. The molecule has 1 aromatic rings. The van der Waals surface area contributed by atoms with E-state index in [4.69, 9.17) is 4.42 Å². The number of piperazine rings is 1. The van der Waals surface area contributed by atoms with Crippen molar-refractivity contribution >= 4 is 11.8 Å². The quantitative estimate of drug-likeness (QED) is 0.927. The molecule has 3 rings (SSSR count). The van der Waals surface area contributed by atoms with Gasteiger partial charge in [-0.3, -0.25) is 9.59 Å². The van der Waals surface area contributed by atoms with E-state index in [0.717, 1.165) is 25.7 Å². The van der Waals surface area contributed by atoms with E-state index < -0.39 is 6.04 Å². The van der Waals surface area contributed by atoms with Gasteiger partial charge in [-0.25, -0.2) is 0 Å². The Balaban J connectivity index is 1.77. The zero-order valence-corrected chi connectivity index (χ0v) is 12.4. The smallest absolute Gasteiger partial charge is 0.246 e. The highest BCUT2D eigenvalue weighted by atomic mass is 16.3. The minimum absolute atomic E-state index is 0.0328. The Labute approximate surface area is 124 Å². The summed E-state index contributed by atoms with van der Waals surface area (Å²) < 4.78 is 5.32. The third kappa shape index (κ3) is 2.82. The molecule has 0 aromatic carbocycles. The van der Waals surface area contributed by atoms with E-state index in [9.17, 15) is 9.59 Å². The summed E-state index contributed by atoms with van der Waals surface area (Å²) in [5.41, 5.74) is 0. The van der Waals surface area contributed by atoms with Gasteiger partial charge in [-0.15, -0.1) is 0 Å². The Morgan fingerprint density at radius 2 is 2.05 bits per heavy atom. The molecule has 0 bridgehead atoms. The van der Waals surface area contributed by atoms with E-state index in [0.29, 0.717) is 12.3 Å². The first-order valence-corrected chi connectivity index (χ1v) is 7.80. The number of amides is 2. The maximum atomic E-state index is 12.8. The monoisotopic (exact) mass is 290 g/mol. The standard InChI is InChI=1S/C16H22N2O3/c1-11-15(19)17-14(12-6-3-2-4-7-12)16(20)18(11)10-13-8-5-9-21-13/h5,8-9,11-12,14H,2-4,6-7,10H2,1H3,(H,17,19). The molecule has 2 aliphatic rings. The maximum absolute atomic E-state index is 12.8. The zero-order valence-electron chi connectivity index (χ0n) is 12.4. The van der Waals surface area contributed by atoms with Crippen molar-refractivity contribution in [3.05, 3.63) is 24.2 Å². The molecule has 114 valence electrons. The van der Waals surface area contributed by atoms with Crippen LogP contribution in [-0.4, -0.2) is 28.8 Å². The van der Waals surface area contributed by atoms with Crippen molar-refractivity contribution < 1.29 is 14.0 Å². The predicted octanol–water partition coefficient (Wildman–Crippen LogP) is 2.08. The van der Waals surface area contributed by atoms with E-state index >= 15 is 0 Å². The van der Waals surface area contributed by atoms with Gasteiger partial charge < -0.3 is 14.6 Å². The van der Waals surface area contributed by atoms with Crippen LogP contribution in [0.25, 0.3) is 0 Å². The molecule has 0 radical (unpaired) electrons. The molecule has 2 heterocycles. The van der Waals surface area contributed by atoms with Crippen molar-refractivity contribution in [1.82, 2.24) is 10.2 Å². The summed E-state index contributed by atoms with van der Waals surface area (Å²) in [6.45, 7) is 2.14. The van der Waals surface area contributed by atoms with Crippen LogP contribution in [0.2, 0.25) is 0 Å². The molecule has 1 aliphatic carbocycles. The van der Waals surface area contributed by atoms with Gasteiger partial charge in [-0.2, -0.15) is 0 Å². The number of furan rings is 1. The van der Waals surface area contributed by atoms with Gasteiger partial charge >= 0.3 is 0 Å². The highest BCUT2D eigenvalue weighted by Gasteiger charge is 2.42. The summed E-state index contributed by atoms with van der Waals surface area (Å²) in [7, 11) is 0. The predicted molar refractivity (Wildman–Crippen MR) is 77.2 cm³/mol. The van der Waals surface area contributed by atoms with E-state index in [1.807, 2.05) is 6.07 Å². The lowest BCUT2D eigenvalue weighted by molar-refractivity contribution is -0.151. The fraction of sp³-hybridized carbons (Fsp3) is 0.625. The van der Waals surface area contributed by atoms with Crippen molar-refractivity contribution in [3.8, 4) is 0 Å². The SMILES string of the molecule is CC1C(=O)NC(C2CCCCC2)C(=O)N1Cc1ccco1. The van der Waals surface area contributed by atoms with E-state index in [1.54, 1.807) is 24.2 Å². The van der Waals surface area contributed by atoms with Gasteiger partial charge in [0.2, 0.25) is 11.8 Å². The Morgan fingerprint density at radius 3 is 2.71 bits per heavy atom. The third-order valence-corrected chi connectivity index (χ3v) is 4.72. The van der Waals surface area contributed by atoms with Crippen LogP contribution in [0.1, 0.15) is 44.8 Å². The van der Waals surface area contributed by atoms with Gasteiger partial charge in [0.1, 0.15) is 17.8 Å². The van der Waals surface area contributed by atoms with Crippen LogP contribution in [-0.2, 0) is 16.1 Å². The van der Waals surface area contributed by atoms with Gasteiger partial charge in [0, 0.05) is 0 Å². The minimum Gasteiger partial charge on any atom is -0.467 e. The average Bonchev–Trinajstić information content (AvgIpc) is 3.01. The molecule has 1 saturated heterocycles. The Hall–Kier alpha value is -1.78. The van der Waals surface area contributed by atoms with E-state index in [1.165, 1.54) is 6.42 Å². The number of nitrogens with zero attached hydrogens (tertiary/aromatic N) is 1. The highest BCUT2D eigenvalue weighted by molar-refractivity contribution is 5.96. The number of carbonyl (C=O) groups excluding carboxylic acids is 2. The van der Waals surface area contributed by atoms with Gasteiger partial charge in [0.05, 0.1) is 12.8 Å². The molecule has 2 amide bonds. The van der Waals surface area contributed by atoms with Crippen molar-refractivity contribution in [2.75, 3.05) is 0 Å². The van der Waals surface area contributed by atoms with Crippen molar-refractivity contribution in [3.63, 3.8) is 0 Å². The lowest BCUT2D eigenvalue weighted by Gasteiger charge is -2.40. The molecule has 2 unspecified atom stereocenters. The summed E-state index contributed by atoms with van der Waals surface area (Å²) in [6, 6.07) is 2.83. The molecule has 2 fully saturated rings. The maximum Gasteiger partial charge on any atom is 0.246 e. The van der Waals surface area contributed by atoms with Gasteiger partial charge in [0.25, 0.3) is 0 Å². The number of carbonyl (C=O) groups is 2. The zero-order chi connectivity index (χ0) is 14.8. The first-order chi connectivity index (χ1) is 10.2. The van der Waals surface area contributed by atoms with Gasteiger partial charge in [-0.05, 0) is 37.8 Å². The average molecular weight is 290 g/mol. The van der Waals surface area contributed by atoms with Crippen LogP contribution in [0.5, 0.6) is 0 Å². The normalized spacial score (nSPS) is 27.8. The second-order valence-corrected chi connectivity index (χ2v) is 6.11. The Morgan fingerprint density at radius 1 is 1.29 bits per heavy atom. The Bertz CT molecular complexity index is 506. The third-order valence-electron chi connectivity index (χ3n) is 4.72. The molecule has 1 aromatic heterocycles. The number of hydrogen-bond donors (Lipinski definition) is 1. The topological polar surface area (TPSA) is 62.6 Å². The molecule has 2 atom stereocenters. The number of hydrogen-bond acceptors (Lipinski definition) is 3. The lowest BCUT2D eigenvalue weighted by atomic mass is 9.82. The number of nitrogens with one attached hydrogen (secondary N) is 1. The first kappa shape index (κ1) is 14.2. The largest absolute Gasteiger partial charge is 0.467 e. The summed E-state index contributed by atoms with van der Waals surface area (Å²) in [6.07, 6.45) is 7.18. The van der Waals surface area contributed by atoms with Gasteiger partial charge in [0.15, 0.2) is 0 Å². The molecular weight excluding hydrogens is 268 g/mol. The molecular formula is C16H22N2O3. The fourth-order valence-electron chi connectivity index (χ4n) is 3.42. The summed E-state index contributed by atoms with van der Waals surface area (Å²) in [4.78, 5) is 26.6. The first-order valence-electron chi connectivity index (χ1n) is 7.80. The molecule has 21 heavy (non-hydrogen) atoms. The fourth-order valence-corrected chi connectivity index (χ4v) is 3.42. The van der Waals surface area contributed by atoms with Crippen LogP contribution in [0, 0.1) is 5.92 Å². The van der Waals surface area contributed by atoms with Crippen molar-refractivity contribution in [2.24, 2.45) is 5.92 Å². The summed E-state index contributed by atoms with van der Waals surface area (Å²) in [5, 5.41) is 2.93. The van der Waals surface area contributed by atoms with Crippen molar-refractivity contribution in [2.45, 2.75) is 57.7 Å².